The molecular weight excluding hydrogens is 430 g/mol. The lowest BCUT2D eigenvalue weighted by molar-refractivity contribution is 0.0983. The van der Waals surface area contributed by atoms with Crippen LogP contribution in [0.15, 0.2) is 59.3 Å². The largest absolute Gasteiger partial charge is 0.307 e. The summed E-state index contributed by atoms with van der Waals surface area (Å²) < 4.78 is 2.65. The summed E-state index contributed by atoms with van der Waals surface area (Å²) in [5.74, 6) is 0.635. The van der Waals surface area contributed by atoms with Crippen molar-refractivity contribution in [3.8, 4) is 5.82 Å². The molecule has 0 aliphatic heterocycles. The third-order valence-electron chi connectivity index (χ3n) is 5.01. The van der Waals surface area contributed by atoms with E-state index in [4.69, 9.17) is 0 Å². The first kappa shape index (κ1) is 21.2. The molecule has 0 N–H and O–H groups in total. The van der Waals surface area contributed by atoms with Crippen molar-refractivity contribution in [2.24, 2.45) is 0 Å². The van der Waals surface area contributed by atoms with Gasteiger partial charge in [0.25, 0.3) is 5.91 Å². The summed E-state index contributed by atoms with van der Waals surface area (Å²) in [5, 5.41) is 4.42. The second-order valence-corrected chi connectivity index (χ2v) is 7.62. The van der Waals surface area contributed by atoms with Crippen LogP contribution in [-0.2, 0) is 0 Å². The molecule has 0 saturated heterocycles. The molecule has 6 nitrogen and oxygen atoms in total. The van der Waals surface area contributed by atoms with Crippen molar-refractivity contribution in [1.82, 2.24) is 19.7 Å². The molecule has 0 saturated carbocycles. The molecular formula is C22H26BrN5O. The van der Waals surface area contributed by atoms with Gasteiger partial charge in [-0.15, -0.1) is 0 Å². The van der Waals surface area contributed by atoms with Gasteiger partial charge in [-0.05, 0) is 50.3 Å². The van der Waals surface area contributed by atoms with Crippen molar-refractivity contribution < 1.29 is 4.79 Å². The van der Waals surface area contributed by atoms with E-state index < -0.39 is 0 Å². The fourth-order valence-corrected chi connectivity index (χ4v) is 3.64. The van der Waals surface area contributed by atoms with Gasteiger partial charge in [0.05, 0.1) is 17.5 Å². The number of benzene rings is 1. The molecule has 2 heterocycles. The lowest BCUT2D eigenvalue weighted by atomic mass is 10.2. The van der Waals surface area contributed by atoms with Crippen molar-refractivity contribution in [1.29, 1.82) is 0 Å². The summed E-state index contributed by atoms with van der Waals surface area (Å²) in [4.78, 5) is 22.0. The molecule has 29 heavy (non-hydrogen) atoms. The third kappa shape index (κ3) is 4.92. The van der Waals surface area contributed by atoms with E-state index >= 15 is 0 Å². The predicted octanol–water partition coefficient (Wildman–Crippen LogP) is 4.33. The topological polar surface area (TPSA) is 54.3 Å². The molecule has 3 rings (SSSR count). The highest BCUT2D eigenvalue weighted by molar-refractivity contribution is 9.10. The van der Waals surface area contributed by atoms with Gasteiger partial charge >= 0.3 is 0 Å². The summed E-state index contributed by atoms with van der Waals surface area (Å²) in [6.07, 6.45) is 3.35. The monoisotopic (exact) mass is 455 g/mol. The van der Waals surface area contributed by atoms with Crippen LogP contribution in [0.5, 0.6) is 0 Å². The quantitative estimate of drug-likeness (QED) is 0.507. The van der Waals surface area contributed by atoms with Crippen LogP contribution in [0.3, 0.4) is 0 Å². The van der Waals surface area contributed by atoms with Crippen molar-refractivity contribution in [2.75, 3.05) is 31.1 Å². The number of pyridine rings is 1. The van der Waals surface area contributed by atoms with E-state index in [2.05, 4.69) is 44.8 Å². The number of hydrogen-bond acceptors (Lipinski definition) is 4. The van der Waals surface area contributed by atoms with Crippen molar-refractivity contribution in [3.05, 3.63) is 70.6 Å². The lowest BCUT2D eigenvalue weighted by Crippen LogP contribution is -2.39. The molecule has 1 amide bonds. The standard InChI is InChI=1S/C22H26BrN5O/c1-4-26(5-2)13-14-27(19-10-8-9-18(23)15-19)22(29)20-16-25-28(17(20)3)21-11-6-7-12-24-21/h6-12,15-16H,4-5,13-14H2,1-3H3. The molecule has 0 radical (unpaired) electrons. The van der Waals surface area contributed by atoms with E-state index in [9.17, 15) is 4.79 Å². The molecule has 0 aliphatic rings. The van der Waals surface area contributed by atoms with Crippen molar-refractivity contribution in [3.63, 3.8) is 0 Å². The third-order valence-corrected chi connectivity index (χ3v) is 5.50. The minimum Gasteiger partial charge on any atom is -0.307 e. The van der Waals surface area contributed by atoms with Crippen LogP contribution < -0.4 is 4.90 Å². The number of carbonyl (C=O) groups is 1. The van der Waals surface area contributed by atoms with Gasteiger partial charge in [-0.2, -0.15) is 5.10 Å². The normalized spacial score (nSPS) is 11.1. The number of rotatable bonds is 8. The molecule has 0 bridgehead atoms. The van der Waals surface area contributed by atoms with Gasteiger partial charge in [-0.3, -0.25) is 4.79 Å². The Balaban J connectivity index is 1.93. The highest BCUT2D eigenvalue weighted by Gasteiger charge is 2.23. The average molecular weight is 456 g/mol. The van der Waals surface area contributed by atoms with Crippen LogP contribution in [-0.4, -0.2) is 51.8 Å². The SMILES string of the molecule is CCN(CC)CCN(C(=O)c1cnn(-c2ccccn2)c1C)c1cccc(Br)c1. The van der Waals surface area contributed by atoms with Crippen LogP contribution in [0.4, 0.5) is 5.69 Å². The Morgan fingerprint density at radius 3 is 2.55 bits per heavy atom. The second-order valence-electron chi connectivity index (χ2n) is 6.71. The second kappa shape index (κ2) is 9.80. The van der Waals surface area contributed by atoms with Gasteiger partial charge in [0.1, 0.15) is 0 Å². The van der Waals surface area contributed by atoms with Crippen molar-refractivity contribution >= 4 is 27.5 Å². The zero-order valence-electron chi connectivity index (χ0n) is 17.0. The maximum Gasteiger partial charge on any atom is 0.261 e. The Morgan fingerprint density at radius 2 is 1.90 bits per heavy atom. The Morgan fingerprint density at radius 1 is 1.10 bits per heavy atom. The van der Waals surface area contributed by atoms with Crippen LogP contribution in [0.25, 0.3) is 5.82 Å². The molecule has 0 unspecified atom stereocenters. The Labute approximate surface area is 180 Å². The molecule has 0 aliphatic carbocycles. The summed E-state index contributed by atoms with van der Waals surface area (Å²) in [5.41, 5.74) is 2.22. The van der Waals surface area contributed by atoms with E-state index in [1.165, 1.54) is 0 Å². The minimum atomic E-state index is -0.0602. The van der Waals surface area contributed by atoms with Crippen molar-refractivity contribution in [2.45, 2.75) is 20.8 Å². The molecule has 0 spiro atoms. The highest BCUT2D eigenvalue weighted by Crippen LogP contribution is 2.23. The number of nitrogens with zero attached hydrogens (tertiary/aromatic N) is 5. The molecule has 0 atom stereocenters. The van der Waals surface area contributed by atoms with Gasteiger partial charge < -0.3 is 9.80 Å². The van der Waals surface area contributed by atoms with Gasteiger partial charge in [0.2, 0.25) is 0 Å². The van der Waals surface area contributed by atoms with E-state index in [1.807, 2.05) is 54.3 Å². The maximum absolute atomic E-state index is 13.5. The fourth-order valence-electron chi connectivity index (χ4n) is 3.25. The first-order valence-electron chi connectivity index (χ1n) is 9.81. The number of carbonyl (C=O) groups excluding carboxylic acids is 1. The number of hydrogen-bond donors (Lipinski definition) is 0. The van der Waals surface area contributed by atoms with Gasteiger partial charge in [0, 0.05) is 29.4 Å². The number of amides is 1. The lowest BCUT2D eigenvalue weighted by Gasteiger charge is -2.26. The summed E-state index contributed by atoms with van der Waals surface area (Å²) in [7, 11) is 0. The van der Waals surface area contributed by atoms with E-state index in [-0.39, 0.29) is 5.91 Å². The molecule has 7 heteroatoms. The summed E-state index contributed by atoms with van der Waals surface area (Å²) in [6, 6.07) is 13.5. The van der Waals surface area contributed by atoms with E-state index in [0.29, 0.717) is 17.9 Å². The Kier molecular flexibility index (Phi) is 7.17. The first-order valence-corrected chi connectivity index (χ1v) is 10.6. The van der Waals surface area contributed by atoms with Crippen LogP contribution in [0, 0.1) is 6.92 Å². The zero-order chi connectivity index (χ0) is 20.8. The molecule has 3 aromatic rings. The zero-order valence-corrected chi connectivity index (χ0v) is 18.6. The van der Waals surface area contributed by atoms with Crippen LogP contribution in [0.2, 0.25) is 0 Å². The Bertz CT molecular complexity index is 953. The van der Waals surface area contributed by atoms with Crippen LogP contribution >= 0.6 is 15.9 Å². The number of halogens is 1. The Hall–Kier alpha value is -2.51. The van der Waals surface area contributed by atoms with Gasteiger partial charge in [0.15, 0.2) is 5.82 Å². The van der Waals surface area contributed by atoms with Gasteiger partial charge in [-0.25, -0.2) is 9.67 Å². The van der Waals surface area contributed by atoms with Gasteiger partial charge in [-0.1, -0.05) is 41.9 Å². The molecule has 2 aromatic heterocycles. The summed E-state index contributed by atoms with van der Waals surface area (Å²) in [6.45, 7) is 9.48. The first-order chi connectivity index (χ1) is 14.0. The highest BCUT2D eigenvalue weighted by atomic mass is 79.9. The average Bonchev–Trinajstić information content (AvgIpc) is 3.13. The number of anilines is 1. The molecule has 152 valence electrons. The predicted molar refractivity (Wildman–Crippen MR) is 120 cm³/mol. The van der Waals surface area contributed by atoms with Crippen LogP contribution in [0.1, 0.15) is 29.9 Å². The molecule has 0 fully saturated rings. The molecule has 1 aromatic carbocycles. The number of likely N-dealkylation sites (N-methyl/N-ethyl adjacent to an activating group) is 1. The van der Waals surface area contributed by atoms with E-state index in [1.54, 1.807) is 17.1 Å². The smallest absolute Gasteiger partial charge is 0.261 e. The minimum absolute atomic E-state index is 0.0602. The number of aromatic nitrogens is 3. The van der Waals surface area contributed by atoms with E-state index in [0.717, 1.165) is 35.5 Å². The summed E-state index contributed by atoms with van der Waals surface area (Å²) >= 11 is 3.52. The fraction of sp³-hybridized carbons (Fsp3) is 0.318. The maximum atomic E-state index is 13.5.